The van der Waals surface area contributed by atoms with Crippen LogP contribution in [0.4, 0.5) is 4.39 Å². The maximum atomic E-state index is 12.9. The minimum atomic E-state index is -0.170. The van der Waals surface area contributed by atoms with Crippen LogP contribution in [-0.4, -0.2) is 30.6 Å². The molecule has 0 aliphatic carbocycles. The molecule has 2 atom stereocenters. The molecule has 100 valence electrons. The summed E-state index contributed by atoms with van der Waals surface area (Å²) >= 11 is 0. The van der Waals surface area contributed by atoms with E-state index in [0.29, 0.717) is 6.04 Å². The second-order valence-electron chi connectivity index (χ2n) is 5.35. The predicted molar refractivity (Wildman–Crippen MR) is 73.1 cm³/mol. The highest BCUT2D eigenvalue weighted by molar-refractivity contribution is 5.19. The molecule has 1 aromatic rings. The van der Waals surface area contributed by atoms with Gasteiger partial charge in [0.1, 0.15) is 5.82 Å². The van der Waals surface area contributed by atoms with Crippen molar-refractivity contribution in [1.82, 2.24) is 10.2 Å². The highest BCUT2D eigenvalue weighted by Gasteiger charge is 2.16. The number of nitrogens with zero attached hydrogens (tertiary/aromatic N) is 1. The van der Waals surface area contributed by atoms with E-state index in [9.17, 15) is 4.39 Å². The van der Waals surface area contributed by atoms with E-state index in [0.717, 1.165) is 12.1 Å². The molecule has 0 aromatic heterocycles. The molecule has 3 heteroatoms. The zero-order valence-corrected chi connectivity index (χ0v) is 11.3. The summed E-state index contributed by atoms with van der Waals surface area (Å²) in [4.78, 5) is 2.51. The van der Waals surface area contributed by atoms with Crippen LogP contribution in [0.25, 0.3) is 0 Å². The highest BCUT2D eigenvalue weighted by atomic mass is 19.1. The maximum absolute atomic E-state index is 12.9. The zero-order valence-electron chi connectivity index (χ0n) is 11.3. The summed E-state index contributed by atoms with van der Waals surface area (Å²) in [6.45, 7) is 7.92. The normalized spacial score (nSPS) is 19.9. The molecule has 0 bridgehead atoms. The predicted octanol–water partition coefficient (Wildman–Crippen LogP) is 2.96. The number of halogens is 1. The Labute approximate surface area is 109 Å². The summed E-state index contributed by atoms with van der Waals surface area (Å²) in [5.41, 5.74) is 1.14. The summed E-state index contributed by atoms with van der Waals surface area (Å²) in [6, 6.07) is 7.49. The highest BCUT2D eigenvalue weighted by Crippen LogP contribution is 2.14. The minimum absolute atomic E-state index is 0.170. The zero-order chi connectivity index (χ0) is 13.0. The van der Waals surface area contributed by atoms with Gasteiger partial charge < -0.3 is 10.2 Å². The van der Waals surface area contributed by atoms with Gasteiger partial charge >= 0.3 is 0 Å². The van der Waals surface area contributed by atoms with E-state index in [1.165, 1.54) is 38.1 Å². The van der Waals surface area contributed by atoms with E-state index in [1.54, 1.807) is 0 Å². The van der Waals surface area contributed by atoms with Crippen molar-refractivity contribution in [1.29, 1.82) is 0 Å². The molecule has 18 heavy (non-hydrogen) atoms. The summed E-state index contributed by atoms with van der Waals surface area (Å²) in [5.74, 6) is -0.170. The largest absolute Gasteiger partial charge is 0.306 e. The van der Waals surface area contributed by atoms with Crippen LogP contribution >= 0.6 is 0 Å². The molecule has 2 unspecified atom stereocenters. The Morgan fingerprint density at radius 1 is 1.17 bits per heavy atom. The van der Waals surface area contributed by atoms with E-state index >= 15 is 0 Å². The topological polar surface area (TPSA) is 15.3 Å². The molecule has 1 heterocycles. The second-order valence-corrected chi connectivity index (χ2v) is 5.35. The molecular weight excluding hydrogens is 227 g/mol. The van der Waals surface area contributed by atoms with Gasteiger partial charge in [-0.2, -0.15) is 0 Å². The number of nitrogens with one attached hydrogen (secondary N) is 1. The van der Waals surface area contributed by atoms with Gasteiger partial charge in [0.25, 0.3) is 0 Å². The molecular formula is C15H23FN2. The number of hydrogen-bond acceptors (Lipinski definition) is 2. The fraction of sp³-hybridized carbons (Fsp3) is 0.600. The fourth-order valence-electron chi connectivity index (χ4n) is 2.68. The number of likely N-dealkylation sites (tertiary alicyclic amines) is 1. The average molecular weight is 250 g/mol. The van der Waals surface area contributed by atoms with Crippen LogP contribution < -0.4 is 5.32 Å². The van der Waals surface area contributed by atoms with Crippen molar-refractivity contribution in [2.24, 2.45) is 0 Å². The van der Waals surface area contributed by atoms with E-state index in [-0.39, 0.29) is 11.9 Å². The van der Waals surface area contributed by atoms with Gasteiger partial charge in [0.2, 0.25) is 0 Å². The third kappa shape index (κ3) is 3.79. The van der Waals surface area contributed by atoms with Crippen molar-refractivity contribution in [3.8, 4) is 0 Å². The Hall–Kier alpha value is -0.930. The van der Waals surface area contributed by atoms with Crippen LogP contribution in [0.3, 0.4) is 0 Å². The number of rotatable bonds is 5. The average Bonchev–Trinajstić information content (AvgIpc) is 2.82. The maximum Gasteiger partial charge on any atom is 0.123 e. The molecule has 2 rings (SSSR count). The molecule has 1 saturated heterocycles. The van der Waals surface area contributed by atoms with Gasteiger partial charge in [-0.1, -0.05) is 12.1 Å². The molecule has 0 radical (unpaired) electrons. The molecule has 1 aliphatic heterocycles. The van der Waals surface area contributed by atoms with Crippen LogP contribution in [0.1, 0.15) is 38.3 Å². The SMILES string of the molecule is CC(CN1CCCC1)NC(C)c1ccc(F)cc1. The van der Waals surface area contributed by atoms with Crippen LogP contribution in [0.15, 0.2) is 24.3 Å². The van der Waals surface area contributed by atoms with Gasteiger partial charge in [0.05, 0.1) is 0 Å². The van der Waals surface area contributed by atoms with Gasteiger partial charge in [-0.15, -0.1) is 0 Å². The van der Waals surface area contributed by atoms with Crippen molar-refractivity contribution in [2.45, 2.75) is 38.8 Å². The quantitative estimate of drug-likeness (QED) is 0.864. The Morgan fingerprint density at radius 2 is 1.78 bits per heavy atom. The third-order valence-electron chi connectivity index (χ3n) is 3.64. The summed E-state index contributed by atoms with van der Waals surface area (Å²) in [5, 5.41) is 3.58. The molecule has 1 aliphatic rings. The van der Waals surface area contributed by atoms with Crippen molar-refractivity contribution in [2.75, 3.05) is 19.6 Å². The standard InChI is InChI=1S/C15H23FN2/c1-12(11-18-9-3-4-10-18)17-13(2)14-5-7-15(16)8-6-14/h5-8,12-13,17H,3-4,9-11H2,1-2H3. The van der Waals surface area contributed by atoms with Gasteiger partial charge in [0, 0.05) is 18.6 Å². The van der Waals surface area contributed by atoms with Crippen molar-refractivity contribution in [3.63, 3.8) is 0 Å². The lowest BCUT2D eigenvalue weighted by Crippen LogP contribution is -2.39. The van der Waals surface area contributed by atoms with Gasteiger partial charge in [-0.05, 0) is 57.5 Å². The first kappa shape index (κ1) is 13.5. The fourth-order valence-corrected chi connectivity index (χ4v) is 2.68. The van der Waals surface area contributed by atoms with Crippen molar-refractivity contribution < 1.29 is 4.39 Å². The second kappa shape index (κ2) is 6.30. The van der Waals surface area contributed by atoms with E-state index in [4.69, 9.17) is 0 Å². The molecule has 1 aromatic carbocycles. The van der Waals surface area contributed by atoms with Gasteiger partial charge in [0.15, 0.2) is 0 Å². The first-order valence-corrected chi connectivity index (χ1v) is 6.89. The van der Waals surface area contributed by atoms with Gasteiger partial charge in [-0.25, -0.2) is 4.39 Å². The molecule has 0 saturated carbocycles. The lowest BCUT2D eigenvalue weighted by molar-refractivity contribution is 0.289. The lowest BCUT2D eigenvalue weighted by Gasteiger charge is -2.24. The number of benzene rings is 1. The third-order valence-corrected chi connectivity index (χ3v) is 3.64. The van der Waals surface area contributed by atoms with Crippen LogP contribution in [-0.2, 0) is 0 Å². The lowest BCUT2D eigenvalue weighted by atomic mass is 10.1. The smallest absolute Gasteiger partial charge is 0.123 e. The van der Waals surface area contributed by atoms with E-state index in [1.807, 2.05) is 12.1 Å². The Kier molecular flexibility index (Phi) is 4.72. The van der Waals surface area contributed by atoms with E-state index in [2.05, 4.69) is 24.1 Å². The first-order valence-electron chi connectivity index (χ1n) is 6.89. The molecule has 2 nitrogen and oxygen atoms in total. The summed E-state index contributed by atoms with van der Waals surface area (Å²) < 4.78 is 12.9. The van der Waals surface area contributed by atoms with Crippen LogP contribution in [0.5, 0.6) is 0 Å². The van der Waals surface area contributed by atoms with Gasteiger partial charge in [-0.3, -0.25) is 0 Å². The van der Waals surface area contributed by atoms with Crippen molar-refractivity contribution >= 4 is 0 Å². The Bertz CT molecular complexity index is 357. The molecule has 0 spiro atoms. The Balaban J connectivity index is 1.82. The molecule has 0 amide bonds. The van der Waals surface area contributed by atoms with Crippen molar-refractivity contribution in [3.05, 3.63) is 35.6 Å². The first-order chi connectivity index (χ1) is 8.65. The van der Waals surface area contributed by atoms with E-state index < -0.39 is 0 Å². The van der Waals surface area contributed by atoms with Crippen LogP contribution in [0.2, 0.25) is 0 Å². The molecule has 1 N–H and O–H groups in total. The summed E-state index contributed by atoms with van der Waals surface area (Å²) in [7, 11) is 0. The monoisotopic (exact) mass is 250 g/mol. The summed E-state index contributed by atoms with van der Waals surface area (Å²) in [6.07, 6.45) is 2.67. The number of hydrogen-bond donors (Lipinski definition) is 1. The Morgan fingerprint density at radius 3 is 2.39 bits per heavy atom. The minimum Gasteiger partial charge on any atom is -0.306 e. The van der Waals surface area contributed by atoms with Crippen LogP contribution in [0, 0.1) is 5.82 Å². The molecule has 1 fully saturated rings.